The zero-order valence-electron chi connectivity index (χ0n) is 7.06. The minimum absolute atomic E-state index is 0.0120. The molecule has 1 atom stereocenters. The van der Waals surface area contributed by atoms with Crippen LogP contribution in [0.1, 0.15) is 6.92 Å². The summed E-state index contributed by atoms with van der Waals surface area (Å²) in [6.07, 6.45) is 3.54. The monoisotopic (exact) mass is 182 g/mol. The van der Waals surface area contributed by atoms with E-state index >= 15 is 0 Å². The summed E-state index contributed by atoms with van der Waals surface area (Å²) in [4.78, 5) is 5.10. The molecule has 0 aromatic carbocycles. The van der Waals surface area contributed by atoms with Crippen LogP contribution < -0.4 is 0 Å². The maximum Gasteiger partial charge on any atom is 0.0855 e. The van der Waals surface area contributed by atoms with E-state index in [9.17, 15) is 5.11 Å². The summed E-state index contributed by atoms with van der Waals surface area (Å²) >= 11 is 1.71. The molecule has 0 saturated carbocycles. The number of nitrogens with zero attached hydrogens (tertiary/aromatic N) is 1. The van der Waals surface area contributed by atoms with E-state index in [1.165, 1.54) is 4.90 Å². The summed E-state index contributed by atoms with van der Waals surface area (Å²) in [7, 11) is 0. The van der Waals surface area contributed by atoms with Gasteiger partial charge in [-0.2, -0.15) is 0 Å². The van der Waals surface area contributed by atoms with E-state index in [1.807, 2.05) is 19.1 Å². The van der Waals surface area contributed by atoms with Crippen LogP contribution in [0.4, 0.5) is 0 Å². The first-order valence-electron chi connectivity index (χ1n) is 3.94. The van der Waals surface area contributed by atoms with Crippen molar-refractivity contribution in [1.29, 1.82) is 0 Å². The van der Waals surface area contributed by atoms with Gasteiger partial charge in [-0.15, -0.1) is 11.8 Å². The summed E-state index contributed by atoms with van der Waals surface area (Å²) in [5.41, 5.74) is 0. The van der Waals surface area contributed by atoms with Crippen LogP contribution in [-0.4, -0.2) is 17.3 Å². The smallest absolute Gasteiger partial charge is 0.0855 e. The largest absolute Gasteiger partial charge is 0.265 e. The van der Waals surface area contributed by atoms with Gasteiger partial charge in [0.2, 0.25) is 0 Å². The average molecular weight is 182 g/mol. The molecule has 1 rings (SSSR count). The highest BCUT2D eigenvalue weighted by molar-refractivity contribution is 7.99. The van der Waals surface area contributed by atoms with Gasteiger partial charge in [-0.1, -0.05) is 6.92 Å². The van der Waals surface area contributed by atoms with E-state index in [1.54, 1.807) is 24.2 Å². The fourth-order valence-electron chi connectivity index (χ4n) is 0.721. The standard InChI is InChI=1S/C9H12NOS/c1-8(6-11)7-12-9-2-4-10-5-3-9/h2-5,8H,6-7H2,1H3. The summed E-state index contributed by atoms with van der Waals surface area (Å²) in [6.45, 7) is 1.99. The maximum atomic E-state index is 10.4. The van der Waals surface area contributed by atoms with E-state index in [0.717, 1.165) is 5.75 Å². The predicted octanol–water partition coefficient (Wildman–Crippen LogP) is 2.24. The van der Waals surface area contributed by atoms with Gasteiger partial charge in [0.25, 0.3) is 0 Å². The van der Waals surface area contributed by atoms with E-state index in [0.29, 0.717) is 0 Å². The molecule has 1 radical (unpaired) electrons. The van der Waals surface area contributed by atoms with Crippen LogP contribution in [0.5, 0.6) is 0 Å². The molecule has 65 valence electrons. The van der Waals surface area contributed by atoms with Crippen molar-refractivity contribution in [2.45, 2.75) is 11.8 Å². The molecule has 0 fully saturated rings. The molecule has 12 heavy (non-hydrogen) atoms. The van der Waals surface area contributed by atoms with Crippen molar-refractivity contribution < 1.29 is 5.11 Å². The van der Waals surface area contributed by atoms with Gasteiger partial charge < -0.3 is 0 Å². The van der Waals surface area contributed by atoms with E-state index < -0.39 is 0 Å². The first-order valence-corrected chi connectivity index (χ1v) is 4.92. The molecular weight excluding hydrogens is 170 g/mol. The Kier molecular flexibility index (Phi) is 4.11. The number of aromatic nitrogens is 1. The topological polar surface area (TPSA) is 32.8 Å². The van der Waals surface area contributed by atoms with Crippen LogP contribution in [0, 0.1) is 5.92 Å². The lowest BCUT2D eigenvalue weighted by molar-refractivity contribution is 0.160. The summed E-state index contributed by atoms with van der Waals surface area (Å²) in [5.74, 6) is 1.15. The predicted molar refractivity (Wildman–Crippen MR) is 49.7 cm³/mol. The Balaban J connectivity index is 2.33. The zero-order valence-corrected chi connectivity index (χ0v) is 7.88. The SMILES string of the molecule is CC(C[O])CSc1ccncc1. The molecule has 2 nitrogen and oxygen atoms in total. The summed E-state index contributed by atoms with van der Waals surface area (Å²) in [5, 5.41) is 10.4. The third-order valence-corrected chi connectivity index (χ3v) is 2.81. The van der Waals surface area contributed by atoms with Gasteiger partial charge >= 0.3 is 0 Å². The van der Waals surface area contributed by atoms with Gasteiger partial charge in [0.15, 0.2) is 0 Å². The number of rotatable bonds is 4. The number of pyridine rings is 1. The maximum absolute atomic E-state index is 10.4. The molecule has 0 N–H and O–H groups in total. The van der Waals surface area contributed by atoms with Crippen LogP contribution in [0.3, 0.4) is 0 Å². The molecule has 0 saturated heterocycles. The first-order chi connectivity index (χ1) is 5.83. The highest BCUT2D eigenvalue weighted by Gasteiger charge is 2.01. The molecule has 0 bridgehead atoms. The average Bonchev–Trinajstić information content (AvgIpc) is 2.16. The second kappa shape index (κ2) is 5.17. The van der Waals surface area contributed by atoms with Gasteiger partial charge in [-0.05, 0) is 18.1 Å². The fourth-order valence-corrected chi connectivity index (χ4v) is 1.61. The zero-order chi connectivity index (χ0) is 8.81. The Bertz CT molecular complexity index is 215. The van der Waals surface area contributed by atoms with Crippen LogP contribution in [-0.2, 0) is 5.11 Å². The molecule has 1 unspecified atom stereocenters. The highest BCUT2D eigenvalue weighted by atomic mass is 32.2. The molecule has 0 amide bonds. The Morgan fingerprint density at radius 2 is 2.17 bits per heavy atom. The van der Waals surface area contributed by atoms with Gasteiger partial charge in [0.1, 0.15) is 0 Å². The van der Waals surface area contributed by atoms with Gasteiger partial charge in [-0.25, -0.2) is 5.11 Å². The summed E-state index contributed by atoms with van der Waals surface area (Å²) in [6, 6.07) is 3.92. The minimum Gasteiger partial charge on any atom is -0.265 e. The molecule has 0 aliphatic carbocycles. The molecule has 3 heteroatoms. The molecule has 0 aliphatic heterocycles. The van der Waals surface area contributed by atoms with Gasteiger partial charge in [-0.3, -0.25) is 4.98 Å². The minimum atomic E-state index is 0.0120. The molecule has 1 heterocycles. The van der Waals surface area contributed by atoms with Crippen molar-refractivity contribution in [3.63, 3.8) is 0 Å². The van der Waals surface area contributed by atoms with Gasteiger partial charge in [0.05, 0.1) is 6.61 Å². The quantitative estimate of drug-likeness (QED) is 0.669. The van der Waals surface area contributed by atoms with E-state index in [2.05, 4.69) is 4.98 Å². The van der Waals surface area contributed by atoms with Crippen molar-refractivity contribution >= 4 is 11.8 Å². The van der Waals surface area contributed by atoms with Crippen molar-refractivity contribution in [1.82, 2.24) is 4.98 Å². The van der Waals surface area contributed by atoms with Crippen molar-refractivity contribution in [3.8, 4) is 0 Å². The molecule has 0 spiro atoms. The number of thioether (sulfide) groups is 1. The van der Waals surface area contributed by atoms with Crippen molar-refractivity contribution in [3.05, 3.63) is 24.5 Å². The van der Waals surface area contributed by atoms with E-state index in [-0.39, 0.29) is 12.5 Å². The Hall–Kier alpha value is -0.540. The van der Waals surface area contributed by atoms with Crippen LogP contribution in [0.15, 0.2) is 29.4 Å². The lowest BCUT2D eigenvalue weighted by atomic mass is 10.2. The molecule has 0 aliphatic rings. The normalized spacial score (nSPS) is 12.8. The molecule has 1 aromatic rings. The highest BCUT2D eigenvalue weighted by Crippen LogP contribution is 2.18. The first kappa shape index (κ1) is 9.55. The lowest BCUT2D eigenvalue weighted by Crippen LogP contribution is -2.01. The van der Waals surface area contributed by atoms with Crippen LogP contribution >= 0.6 is 11.8 Å². The molecule has 1 aromatic heterocycles. The van der Waals surface area contributed by atoms with Gasteiger partial charge in [0, 0.05) is 23.0 Å². The second-order valence-corrected chi connectivity index (χ2v) is 3.86. The third kappa shape index (κ3) is 3.24. The van der Waals surface area contributed by atoms with Crippen molar-refractivity contribution in [2.75, 3.05) is 12.4 Å². The van der Waals surface area contributed by atoms with Crippen LogP contribution in [0.25, 0.3) is 0 Å². The number of hydrogen-bond acceptors (Lipinski definition) is 2. The summed E-state index contributed by atoms with van der Waals surface area (Å²) < 4.78 is 0. The Labute approximate surface area is 77.0 Å². The fraction of sp³-hybridized carbons (Fsp3) is 0.444. The Morgan fingerprint density at radius 1 is 1.50 bits per heavy atom. The third-order valence-electron chi connectivity index (χ3n) is 1.47. The number of hydrogen-bond donors (Lipinski definition) is 0. The van der Waals surface area contributed by atoms with Crippen LogP contribution in [0.2, 0.25) is 0 Å². The lowest BCUT2D eigenvalue weighted by Gasteiger charge is -2.04. The van der Waals surface area contributed by atoms with Crippen molar-refractivity contribution in [2.24, 2.45) is 5.92 Å². The molecular formula is C9H12NOS. The Morgan fingerprint density at radius 3 is 2.75 bits per heavy atom. The second-order valence-electron chi connectivity index (χ2n) is 2.77. The van der Waals surface area contributed by atoms with E-state index in [4.69, 9.17) is 0 Å².